The second kappa shape index (κ2) is 8.24. The van der Waals surface area contributed by atoms with Crippen molar-refractivity contribution in [3.63, 3.8) is 0 Å². The molecule has 0 bridgehead atoms. The number of benzene rings is 1. The molecule has 5 heteroatoms. The van der Waals surface area contributed by atoms with Gasteiger partial charge in [0, 0.05) is 17.5 Å². The molecule has 1 N–H and O–H groups in total. The molecule has 1 heterocycles. The van der Waals surface area contributed by atoms with Crippen LogP contribution in [0.15, 0.2) is 42.5 Å². The molecule has 0 aliphatic heterocycles. The van der Waals surface area contributed by atoms with Crippen molar-refractivity contribution in [1.29, 1.82) is 0 Å². The maximum absolute atomic E-state index is 12.1. The highest BCUT2D eigenvalue weighted by molar-refractivity contribution is 5.92. The van der Waals surface area contributed by atoms with Gasteiger partial charge in [0.2, 0.25) is 5.91 Å². The van der Waals surface area contributed by atoms with Gasteiger partial charge in [-0.05, 0) is 24.1 Å². The van der Waals surface area contributed by atoms with E-state index in [0.29, 0.717) is 5.69 Å². The smallest absolute Gasteiger partial charge is 0.307 e. The highest BCUT2D eigenvalue weighted by Gasteiger charge is 2.19. The van der Waals surface area contributed by atoms with Crippen LogP contribution in [-0.2, 0) is 14.3 Å². The van der Waals surface area contributed by atoms with Crippen LogP contribution in [0.4, 0.5) is 0 Å². The SMILES string of the molecule is COC(=O)CC(NC(=O)/C=C/c1ccc2ccccc2n1)C(C)C. The third-order valence-electron chi connectivity index (χ3n) is 3.77. The number of carbonyl (C=O) groups excluding carboxylic acids is 2. The number of aromatic nitrogens is 1. The average molecular weight is 326 g/mol. The van der Waals surface area contributed by atoms with Gasteiger partial charge in [-0.2, -0.15) is 0 Å². The topological polar surface area (TPSA) is 68.3 Å². The van der Waals surface area contributed by atoms with E-state index in [1.165, 1.54) is 13.2 Å². The van der Waals surface area contributed by atoms with Gasteiger partial charge in [-0.3, -0.25) is 9.59 Å². The van der Waals surface area contributed by atoms with Crippen LogP contribution >= 0.6 is 0 Å². The monoisotopic (exact) mass is 326 g/mol. The normalized spacial score (nSPS) is 12.5. The number of rotatable bonds is 6. The van der Waals surface area contributed by atoms with Crippen molar-refractivity contribution in [3.05, 3.63) is 48.2 Å². The van der Waals surface area contributed by atoms with E-state index in [0.717, 1.165) is 10.9 Å². The third kappa shape index (κ3) is 4.91. The summed E-state index contributed by atoms with van der Waals surface area (Å²) in [5, 5.41) is 3.89. The summed E-state index contributed by atoms with van der Waals surface area (Å²) >= 11 is 0. The quantitative estimate of drug-likeness (QED) is 0.654. The van der Waals surface area contributed by atoms with E-state index in [2.05, 4.69) is 15.0 Å². The van der Waals surface area contributed by atoms with Gasteiger partial charge in [-0.25, -0.2) is 4.98 Å². The van der Waals surface area contributed by atoms with Gasteiger partial charge in [0.05, 0.1) is 24.7 Å². The molecule has 1 aromatic heterocycles. The predicted octanol–water partition coefficient (Wildman–Crippen LogP) is 2.95. The van der Waals surface area contributed by atoms with Crippen LogP contribution in [0.1, 0.15) is 26.0 Å². The molecule has 2 rings (SSSR count). The van der Waals surface area contributed by atoms with Crippen molar-refractivity contribution in [3.8, 4) is 0 Å². The zero-order chi connectivity index (χ0) is 17.5. The number of carbonyl (C=O) groups is 2. The molecular weight excluding hydrogens is 304 g/mol. The number of methoxy groups -OCH3 is 1. The van der Waals surface area contributed by atoms with Gasteiger partial charge >= 0.3 is 5.97 Å². The molecule has 0 radical (unpaired) electrons. The molecule has 1 aromatic carbocycles. The summed E-state index contributed by atoms with van der Waals surface area (Å²) in [5.41, 5.74) is 1.59. The number of esters is 1. The summed E-state index contributed by atoms with van der Waals surface area (Å²) in [5.74, 6) is -0.470. The molecular formula is C19H22N2O3. The minimum atomic E-state index is -0.339. The molecule has 1 amide bonds. The molecule has 24 heavy (non-hydrogen) atoms. The molecule has 1 atom stereocenters. The van der Waals surface area contributed by atoms with Gasteiger partial charge < -0.3 is 10.1 Å². The molecule has 1 unspecified atom stereocenters. The van der Waals surface area contributed by atoms with E-state index < -0.39 is 0 Å². The van der Waals surface area contributed by atoms with Crippen LogP contribution in [0, 0.1) is 5.92 Å². The van der Waals surface area contributed by atoms with Gasteiger partial charge in [-0.1, -0.05) is 38.1 Å². The van der Waals surface area contributed by atoms with Crippen LogP contribution in [0.3, 0.4) is 0 Å². The summed E-state index contributed by atoms with van der Waals surface area (Å²) in [7, 11) is 1.34. The minimum Gasteiger partial charge on any atom is -0.469 e. The van der Waals surface area contributed by atoms with Crippen molar-refractivity contribution >= 4 is 28.9 Å². The van der Waals surface area contributed by atoms with Crippen molar-refractivity contribution in [2.45, 2.75) is 26.3 Å². The van der Waals surface area contributed by atoms with Gasteiger partial charge in [-0.15, -0.1) is 0 Å². The molecule has 0 saturated heterocycles. The predicted molar refractivity (Wildman–Crippen MR) is 94.2 cm³/mol. The molecule has 0 fully saturated rings. The number of ether oxygens (including phenoxy) is 1. The van der Waals surface area contributed by atoms with Crippen molar-refractivity contribution in [2.75, 3.05) is 7.11 Å². The van der Waals surface area contributed by atoms with E-state index in [4.69, 9.17) is 0 Å². The average Bonchev–Trinajstić information content (AvgIpc) is 2.58. The number of nitrogens with one attached hydrogen (secondary N) is 1. The van der Waals surface area contributed by atoms with Crippen LogP contribution in [0.2, 0.25) is 0 Å². The standard InChI is InChI=1S/C19H22N2O3/c1-13(2)17(12-19(23)24-3)21-18(22)11-10-15-9-8-14-6-4-5-7-16(14)20-15/h4-11,13,17H,12H2,1-3H3,(H,21,22)/b11-10+. The van der Waals surface area contributed by atoms with Gasteiger partial charge in [0.25, 0.3) is 0 Å². The Hall–Kier alpha value is -2.69. The van der Waals surface area contributed by atoms with E-state index >= 15 is 0 Å². The fourth-order valence-corrected chi connectivity index (χ4v) is 2.28. The number of fused-ring (bicyclic) bond motifs is 1. The number of amides is 1. The summed E-state index contributed by atoms with van der Waals surface area (Å²) in [6, 6.07) is 11.4. The number of hydrogen-bond donors (Lipinski definition) is 1. The number of nitrogens with zero attached hydrogens (tertiary/aromatic N) is 1. The number of pyridine rings is 1. The van der Waals surface area contributed by atoms with Crippen LogP contribution in [0.5, 0.6) is 0 Å². The lowest BCUT2D eigenvalue weighted by atomic mass is 10.0. The highest BCUT2D eigenvalue weighted by Crippen LogP contribution is 2.12. The zero-order valence-corrected chi connectivity index (χ0v) is 14.2. The van der Waals surface area contributed by atoms with Crippen molar-refractivity contribution in [2.24, 2.45) is 5.92 Å². The molecule has 0 aliphatic rings. The Morgan fingerprint density at radius 2 is 1.96 bits per heavy atom. The van der Waals surface area contributed by atoms with Crippen LogP contribution in [0.25, 0.3) is 17.0 Å². The lowest BCUT2D eigenvalue weighted by molar-refractivity contribution is -0.141. The first kappa shape index (κ1) is 17.7. The summed E-state index contributed by atoms with van der Waals surface area (Å²) in [6.07, 6.45) is 3.25. The Morgan fingerprint density at radius 3 is 2.67 bits per heavy atom. The molecule has 126 valence electrons. The second-order valence-electron chi connectivity index (χ2n) is 5.90. The first-order valence-corrected chi connectivity index (χ1v) is 7.91. The third-order valence-corrected chi connectivity index (χ3v) is 3.77. The Morgan fingerprint density at radius 1 is 1.21 bits per heavy atom. The maximum Gasteiger partial charge on any atom is 0.307 e. The highest BCUT2D eigenvalue weighted by atomic mass is 16.5. The summed E-state index contributed by atoms with van der Waals surface area (Å²) in [4.78, 5) is 28.0. The maximum atomic E-state index is 12.1. The van der Waals surface area contributed by atoms with Crippen LogP contribution < -0.4 is 5.32 Å². The minimum absolute atomic E-state index is 0.125. The molecule has 0 saturated carbocycles. The fraction of sp³-hybridized carbons (Fsp3) is 0.316. The van der Waals surface area contributed by atoms with Gasteiger partial charge in [0.1, 0.15) is 0 Å². The Kier molecular flexibility index (Phi) is 6.07. The van der Waals surface area contributed by atoms with Crippen molar-refractivity contribution in [1.82, 2.24) is 10.3 Å². The molecule has 2 aromatic rings. The lowest BCUT2D eigenvalue weighted by Gasteiger charge is -2.20. The fourth-order valence-electron chi connectivity index (χ4n) is 2.28. The number of para-hydroxylation sites is 1. The molecule has 0 aliphatic carbocycles. The van der Waals surface area contributed by atoms with Gasteiger partial charge in [0.15, 0.2) is 0 Å². The Balaban J connectivity index is 2.03. The van der Waals surface area contributed by atoms with E-state index in [-0.39, 0.29) is 30.3 Å². The van der Waals surface area contributed by atoms with Crippen molar-refractivity contribution < 1.29 is 14.3 Å². The summed E-state index contributed by atoms with van der Waals surface area (Å²) in [6.45, 7) is 3.89. The Labute approximate surface area is 141 Å². The zero-order valence-electron chi connectivity index (χ0n) is 14.2. The molecule has 0 spiro atoms. The first-order chi connectivity index (χ1) is 11.5. The first-order valence-electron chi connectivity index (χ1n) is 7.91. The summed E-state index contributed by atoms with van der Waals surface area (Å²) < 4.78 is 4.66. The largest absolute Gasteiger partial charge is 0.469 e. The van der Waals surface area contributed by atoms with Crippen LogP contribution in [-0.4, -0.2) is 30.0 Å². The molecule has 5 nitrogen and oxygen atoms in total. The second-order valence-corrected chi connectivity index (χ2v) is 5.90. The van der Waals surface area contributed by atoms with E-state index in [1.54, 1.807) is 6.08 Å². The lowest BCUT2D eigenvalue weighted by Crippen LogP contribution is -2.39. The van der Waals surface area contributed by atoms with E-state index in [9.17, 15) is 9.59 Å². The van der Waals surface area contributed by atoms with E-state index in [1.807, 2.05) is 50.2 Å². The Bertz CT molecular complexity index is 753. The number of hydrogen-bond acceptors (Lipinski definition) is 4.